The van der Waals surface area contributed by atoms with Crippen molar-refractivity contribution in [3.63, 3.8) is 0 Å². The lowest BCUT2D eigenvalue weighted by atomic mass is 10.00. The molecule has 1 aromatic heterocycles. The van der Waals surface area contributed by atoms with E-state index in [0.717, 1.165) is 5.92 Å². The van der Waals surface area contributed by atoms with Gasteiger partial charge in [-0.3, -0.25) is 0 Å². The molecule has 2 rings (SSSR count). The molecule has 0 bridgehead atoms. The minimum atomic E-state index is 0.412. The van der Waals surface area contributed by atoms with Crippen molar-refractivity contribution in [2.45, 2.75) is 32.7 Å². The van der Waals surface area contributed by atoms with Gasteiger partial charge in [-0.25, -0.2) is 4.98 Å². The van der Waals surface area contributed by atoms with E-state index in [1.54, 1.807) is 0 Å². The van der Waals surface area contributed by atoms with Crippen molar-refractivity contribution >= 4 is 16.5 Å². The molecule has 1 aliphatic rings. The molecule has 0 saturated carbocycles. The van der Waals surface area contributed by atoms with Crippen LogP contribution in [-0.2, 0) is 0 Å². The molecule has 1 aliphatic heterocycles. The van der Waals surface area contributed by atoms with Gasteiger partial charge in [0, 0.05) is 30.2 Å². The van der Waals surface area contributed by atoms with Gasteiger partial charge in [-0.1, -0.05) is 6.92 Å². The molecule has 4 heteroatoms. The first-order chi connectivity index (χ1) is 7.70. The number of nitrogens with one attached hydrogen (secondary N) is 1. The van der Waals surface area contributed by atoms with Crippen molar-refractivity contribution in [1.82, 2.24) is 10.3 Å². The lowest BCUT2D eigenvalue weighted by Gasteiger charge is -2.29. The van der Waals surface area contributed by atoms with Crippen LogP contribution in [0.25, 0.3) is 0 Å². The van der Waals surface area contributed by atoms with Crippen LogP contribution in [0, 0.1) is 5.92 Å². The molecule has 1 atom stereocenters. The summed E-state index contributed by atoms with van der Waals surface area (Å²) in [5, 5.41) is 4.45. The SMILES string of the molecule is CNC(C)c1cnc(N2CCC(C)CC2)s1. The highest BCUT2D eigenvalue weighted by Crippen LogP contribution is 2.29. The molecule has 90 valence electrons. The van der Waals surface area contributed by atoms with Gasteiger partial charge in [-0.05, 0) is 32.7 Å². The van der Waals surface area contributed by atoms with E-state index in [1.165, 1.54) is 35.9 Å². The summed E-state index contributed by atoms with van der Waals surface area (Å²) in [6.07, 6.45) is 4.62. The maximum absolute atomic E-state index is 4.54. The summed E-state index contributed by atoms with van der Waals surface area (Å²) in [6.45, 7) is 6.85. The molecule has 16 heavy (non-hydrogen) atoms. The summed E-state index contributed by atoms with van der Waals surface area (Å²) in [4.78, 5) is 8.30. The Kier molecular flexibility index (Phi) is 3.82. The van der Waals surface area contributed by atoms with Crippen LogP contribution in [0.2, 0.25) is 0 Å². The minimum absolute atomic E-state index is 0.412. The van der Waals surface area contributed by atoms with Gasteiger partial charge < -0.3 is 10.2 Å². The van der Waals surface area contributed by atoms with Gasteiger partial charge in [0.1, 0.15) is 0 Å². The largest absolute Gasteiger partial charge is 0.348 e. The molecule has 0 spiro atoms. The molecule has 1 N–H and O–H groups in total. The molecular weight excluding hydrogens is 218 g/mol. The fourth-order valence-electron chi connectivity index (χ4n) is 1.97. The third-order valence-electron chi connectivity index (χ3n) is 3.43. The fraction of sp³-hybridized carbons (Fsp3) is 0.750. The van der Waals surface area contributed by atoms with Gasteiger partial charge in [0.05, 0.1) is 0 Å². The average molecular weight is 239 g/mol. The maximum atomic E-state index is 4.54. The Labute approximate surface area is 102 Å². The van der Waals surface area contributed by atoms with E-state index in [0.29, 0.717) is 6.04 Å². The smallest absolute Gasteiger partial charge is 0.185 e. The van der Waals surface area contributed by atoms with Crippen molar-refractivity contribution in [2.24, 2.45) is 5.92 Å². The summed E-state index contributed by atoms with van der Waals surface area (Å²) < 4.78 is 0. The third-order valence-corrected chi connectivity index (χ3v) is 4.67. The molecule has 2 heterocycles. The van der Waals surface area contributed by atoms with E-state index in [4.69, 9.17) is 0 Å². The van der Waals surface area contributed by atoms with E-state index < -0.39 is 0 Å². The van der Waals surface area contributed by atoms with E-state index in [9.17, 15) is 0 Å². The zero-order valence-corrected chi connectivity index (χ0v) is 11.2. The second kappa shape index (κ2) is 5.15. The van der Waals surface area contributed by atoms with Crippen LogP contribution in [0.1, 0.15) is 37.6 Å². The molecule has 1 saturated heterocycles. The van der Waals surface area contributed by atoms with Crippen LogP contribution in [0.15, 0.2) is 6.20 Å². The fourth-order valence-corrected chi connectivity index (χ4v) is 2.99. The summed E-state index contributed by atoms with van der Waals surface area (Å²) in [6, 6.07) is 0.412. The molecule has 1 aromatic rings. The van der Waals surface area contributed by atoms with Crippen molar-refractivity contribution < 1.29 is 0 Å². The maximum Gasteiger partial charge on any atom is 0.185 e. The Morgan fingerprint density at radius 2 is 2.19 bits per heavy atom. The summed E-state index contributed by atoms with van der Waals surface area (Å²) in [7, 11) is 1.99. The number of anilines is 1. The first-order valence-electron chi connectivity index (χ1n) is 6.08. The molecule has 3 nitrogen and oxygen atoms in total. The number of hydrogen-bond donors (Lipinski definition) is 1. The molecule has 0 radical (unpaired) electrons. The number of nitrogens with zero attached hydrogens (tertiary/aromatic N) is 2. The van der Waals surface area contributed by atoms with Gasteiger partial charge in [0.2, 0.25) is 0 Å². The molecular formula is C12H21N3S. The Bertz CT molecular complexity index is 329. The average Bonchev–Trinajstić information content (AvgIpc) is 2.78. The number of aromatic nitrogens is 1. The predicted molar refractivity (Wildman–Crippen MR) is 70.2 cm³/mol. The normalized spacial score (nSPS) is 20.1. The lowest BCUT2D eigenvalue weighted by Crippen LogP contribution is -2.32. The second-order valence-corrected chi connectivity index (χ2v) is 5.77. The number of thiazole rings is 1. The predicted octanol–water partition coefficient (Wildman–Crippen LogP) is 2.66. The zero-order valence-electron chi connectivity index (χ0n) is 10.4. The van der Waals surface area contributed by atoms with Gasteiger partial charge in [-0.2, -0.15) is 0 Å². The second-order valence-electron chi connectivity index (χ2n) is 4.73. The zero-order chi connectivity index (χ0) is 11.5. The molecule has 1 unspecified atom stereocenters. The van der Waals surface area contributed by atoms with Crippen LogP contribution >= 0.6 is 11.3 Å². The molecule has 0 amide bonds. The van der Waals surface area contributed by atoms with Crippen LogP contribution in [-0.4, -0.2) is 25.1 Å². The van der Waals surface area contributed by atoms with E-state index >= 15 is 0 Å². The van der Waals surface area contributed by atoms with Gasteiger partial charge >= 0.3 is 0 Å². The van der Waals surface area contributed by atoms with Gasteiger partial charge in [0.15, 0.2) is 5.13 Å². The highest BCUT2D eigenvalue weighted by Gasteiger charge is 2.19. The van der Waals surface area contributed by atoms with Crippen LogP contribution < -0.4 is 10.2 Å². The molecule has 0 aromatic carbocycles. The van der Waals surface area contributed by atoms with E-state index in [-0.39, 0.29) is 0 Å². The number of rotatable bonds is 3. The van der Waals surface area contributed by atoms with Gasteiger partial charge in [0.25, 0.3) is 0 Å². The van der Waals surface area contributed by atoms with Gasteiger partial charge in [-0.15, -0.1) is 11.3 Å². The van der Waals surface area contributed by atoms with Crippen LogP contribution in [0.3, 0.4) is 0 Å². The monoisotopic (exact) mass is 239 g/mol. The number of piperidine rings is 1. The van der Waals surface area contributed by atoms with E-state index in [1.807, 2.05) is 24.6 Å². The topological polar surface area (TPSA) is 28.2 Å². The summed E-state index contributed by atoms with van der Waals surface area (Å²) in [5.41, 5.74) is 0. The van der Waals surface area contributed by atoms with Crippen molar-refractivity contribution in [1.29, 1.82) is 0 Å². The summed E-state index contributed by atoms with van der Waals surface area (Å²) >= 11 is 1.83. The Morgan fingerprint density at radius 1 is 1.50 bits per heavy atom. The highest BCUT2D eigenvalue weighted by atomic mass is 32.1. The Morgan fingerprint density at radius 3 is 2.81 bits per heavy atom. The molecule has 0 aliphatic carbocycles. The summed E-state index contributed by atoms with van der Waals surface area (Å²) in [5.74, 6) is 0.881. The van der Waals surface area contributed by atoms with Crippen molar-refractivity contribution in [2.75, 3.05) is 25.0 Å². The van der Waals surface area contributed by atoms with E-state index in [2.05, 4.69) is 29.0 Å². The van der Waals surface area contributed by atoms with Crippen LogP contribution in [0.4, 0.5) is 5.13 Å². The Balaban J connectivity index is 2.01. The standard InChI is InChI=1S/C12H21N3S/c1-9-4-6-15(7-5-9)12-14-8-11(16-12)10(2)13-3/h8-10,13H,4-7H2,1-3H3. The quantitative estimate of drug-likeness (QED) is 0.879. The van der Waals surface area contributed by atoms with Crippen molar-refractivity contribution in [3.8, 4) is 0 Å². The number of hydrogen-bond acceptors (Lipinski definition) is 4. The van der Waals surface area contributed by atoms with Crippen molar-refractivity contribution in [3.05, 3.63) is 11.1 Å². The molecule has 1 fully saturated rings. The third kappa shape index (κ3) is 2.55. The highest BCUT2D eigenvalue weighted by molar-refractivity contribution is 7.15. The van der Waals surface area contributed by atoms with Crippen LogP contribution in [0.5, 0.6) is 0 Å². The first kappa shape index (κ1) is 11.9. The lowest BCUT2D eigenvalue weighted by molar-refractivity contribution is 0.438. The minimum Gasteiger partial charge on any atom is -0.348 e. The first-order valence-corrected chi connectivity index (χ1v) is 6.90. The Hall–Kier alpha value is -0.610.